The van der Waals surface area contributed by atoms with Crippen LogP contribution in [0.2, 0.25) is 0 Å². The fourth-order valence-corrected chi connectivity index (χ4v) is 7.27. The van der Waals surface area contributed by atoms with E-state index in [2.05, 4.69) is 33.0 Å². The quantitative estimate of drug-likeness (QED) is 0.481. The first-order chi connectivity index (χ1) is 17.9. The number of aryl methyl sites for hydroxylation is 2. The summed E-state index contributed by atoms with van der Waals surface area (Å²) in [5.41, 5.74) is 1.51. The molecular weight excluding hydrogens is 488 g/mol. The van der Waals surface area contributed by atoms with Crippen molar-refractivity contribution in [1.82, 2.24) is 28.8 Å². The number of aromatic nitrogens is 4. The highest BCUT2D eigenvalue weighted by Crippen LogP contribution is 2.33. The summed E-state index contributed by atoms with van der Waals surface area (Å²) >= 11 is 0. The lowest BCUT2D eigenvalue weighted by Gasteiger charge is -2.39. The zero-order chi connectivity index (χ0) is 26.1. The molecule has 2 aliphatic heterocycles. The van der Waals surface area contributed by atoms with Gasteiger partial charge in [-0.2, -0.15) is 0 Å². The predicted octanol–water partition coefficient (Wildman–Crippen LogP) is 3.72. The molecule has 1 N–H and O–H groups in total. The second kappa shape index (κ2) is 11.0. The van der Waals surface area contributed by atoms with Crippen LogP contribution in [-0.4, -0.2) is 71.3 Å². The topological polar surface area (TPSA) is 95.8 Å². The molecule has 3 aromatic rings. The van der Waals surface area contributed by atoms with Gasteiger partial charge in [0.05, 0.1) is 22.8 Å². The second-order valence-corrected chi connectivity index (χ2v) is 11.5. The number of H-pyrrole nitrogens is 1. The summed E-state index contributed by atoms with van der Waals surface area (Å²) < 4.78 is 23.6. The highest BCUT2D eigenvalue weighted by molar-refractivity contribution is 7.82. The van der Waals surface area contributed by atoms with Crippen molar-refractivity contribution in [3.8, 4) is 17.1 Å². The van der Waals surface area contributed by atoms with Gasteiger partial charge in [0.1, 0.15) is 22.6 Å². The number of fused-ring (bicyclic) bond motifs is 3. The Labute approximate surface area is 220 Å². The van der Waals surface area contributed by atoms with Crippen molar-refractivity contribution in [2.24, 2.45) is 0 Å². The lowest BCUT2D eigenvalue weighted by molar-refractivity contribution is 0.0972. The molecule has 1 aromatic carbocycles. The van der Waals surface area contributed by atoms with Gasteiger partial charge in [-0.1, -0.05) is 20.3 Å². The van der Waals surface area contributed by atoms with Crippen LogP contribution in [0.5, 0.6) is 5.75 Å². The van der Waals surface area contributed by atoms with Crippen LogP contribution >= 0.6 is 0 Å². The minimum Gasteiger partial charge on any atom is -0.493 e. The molecule has 2 fully saturated rings. The van der Waals surface area contributed by atoms with Gasteiger partial charge >= 0.3 is 0 Å². The first-order valence-electron chi connectivity index (χ1n) is 13.6. The fourth-order valence-electron chi connectivity index (χ4n) is 5.99. The SMILES string of the molecule is CCCc1nc(C)c2c(=O)[nH]c(-c3cc(S(=O)N4CCC5CCCC(C4)N5CC)ccc3OCC)nn12. The molecule has 9 nitrogen and oxygen atoms in total. The van der Waals surface area contributed by atoms with E-state index < -0.39 is 11.0 Å². The average Bonchev–Trinajstić information content (AvgIpc) is 3.17. The Morgan fingerprint density at radius 1 is 1.16 bits per heavy atom. The molecule has 10 heteroatoms. The molecule has 5 rings (SSSR count). The number of likely N-dealkylation sites (N-methyl/N-ethyl adjacent to an activating group) is 1. The molecule has 37 heavy (non-hydrogen) atoms. The first-order valence-corrected chi connectivity index (χ1v) is 14.7. The number of piperidine rings is 1. The molecule has 4 heterocycles. The van der Waals surface area contributed by atoms with Crippen molar-refractivity contribution in [1.29, 1.82) is 0 Å². The molecule has 2 aromatic heterocycles. The Kier molecular flexibility index (Phi) is 7.78. The van der Waals surface area contributed by atoms with Crippen LogP contribution in [-0.2, 0) is 17.4 Å². The Balaban J connectivity index is 1.53. The predicted molar refractivity (Wildman–Crippen MR) is 145 cm³/mol. The minimum atomic E-state index is -1.33. The maximum atomic E-state index is 13.9. The monoisotopic (exact) mass is 526 g/mol. The summed E-state index contributed by atoms with van der Waals surface area (Å²) in [6, 6.07) is 6.61. The lowest BCUT2D eigenvalue weighted by atomic mass is 9.95. The smallest absolute Gasteiger partial charge is 0.277 e. The zero-order valence-corrected chi connectivity index (χ0v) is 23.1. The number of hydrogen-bond acceptors (Lipinski definition) is 6. The summed E-state index contributed by atoms with van der Waals surface area (Å²) in [6.45, 7) is 11.2. The van der Waals surface area contributed by atoms with Crippen molar-refractivity contribution in [3.63, 3.8) is 0 Å². The Morgan fingerprint density at radius 2 is 1.97 bits per heavy atom. The standard InChI is InChI=1S/C27H38N6O3S/c1-5-9-24-28-18(4)25-27(34)29-26(30-33(24)25)22-16-21(12-13-23(22)36-7-3)37(35)31-15-14-19-10-8-11-20(17-31)32(19)6-2/h12-13,16,19-20H,5-11,14-15,17H2,1-4H3,(H,29,30,34). The van der Waals surface area contributed by atoms with Gasteiger partial charge in [0.25, 0.3) is 5.56 Å². The highest BCUT2D eigenvalue weighted by atomic mass is 32.2. The summed E-state index contributed by atoms with van der Waals surface area (Å²) in [5, 5.41) is 4.78. The largest absolute Gasteiger partial charge is 0.493 e. The number of hydrogen-bond donors (Lipinski definition) is 1. The third kappa shape index (κ3) is 4.98. The van der Waals surface area contributed by atoms with Gasteiger partial charge in [-0.3, -0.25) is 9.69 Å². The molecule has 2 aliphatic rings. The molecule has 3 atom stereocenters. The third-order valence-corrected chi connectivity index (χ3v) is 9.12. The zero-order valence-electron chi connectivity index (χ0n) is 22.3. The van der Waals surface area contributed by atoms with Gasteiger partial charge < -0.3 is 9.72 Å². The summed E-state index contributed by atoms with van der Waals surface area (Å²) in [5.74, 6) is 1.75. The van der Waals surface area contributed by atoms with Crippen molar-refractivity contribution < 1.29 is 8.95 Å². The minimum absolute atomic E-state index is 0.245. The third-order valence-electron chi connectivity index (χ3n) is 7.66. The van der Waals surface area contributed by atoms with Crippen molar-refractivity contribution in [2.75, 3.05) is 26.2 Å². The summed E-state index contributed by atoms with van der Waals surface area (Å²) in [6.07, 6.45) is 6.28. The first kappa shape index (κ1) is 26.1. The van der Waals surface area contributed by atoms with Crippen LogP contribution in [0.4, 0.5) is 0 Å². The number of rotatable bonds is 8. The number of nitrogens with zero attached hydrogens (tertiary/aromatic N) is 5. The molecule has 0 radical (unpaired) electrons. The van der Waals surface area contributed by atoms with Crippen molar-refractivity contribution >= 4 is 16.5 Å². The van der Waals surface area contributed by atoms with Gasteiger partial charge in [-0.25, -0.2) is 18.0 Å². The van der Waals surface area contributed by atoms with Crippen LogP contribution < -0.4 is 10.3 Å². The van der Waals surface area contributed by atoms with Crippen LogP contribution in [0, 0.1) is 6.92 Å². The van der Waals surface area contributed by atoms with Gasteiger partial charge in [0.2, 0.25) is 0 Å². The lowest BCUT2D eigenvalue weighted by Crippen LogP contribution is -2.48. The van der Waals surface area contributed by atoms with Crippen molar-refractivity contribution in [2.45, 2.75) is 83.2 Å². The average molecular weight is 527 g/mol. The van der Waals surface area contributed by atoms with Crippen molar-refractivity contribution in [3.05, 3.63) is 40.1 Å². The van der Waals surface area contributed by atoms with E-state index in [1.807, 2.05) is 32.0 Å². The Morgan fingerprint density at radius 3 is 2.73 bits per heavy atom. The Hall–Kier alpha value is -2.56. The molecule has 2 bridgehead atoms. The number of imidazole rings is 1. The molecule has 3 unspecified atom stereocenters. The van der Waals surface area contributed by atoms with E-state index in [-0.39, 0.29) is 5.56 Å². The van der Waals surface area contributed by atoms with Crippen LogP contribution in [0.3, 0.4) is 0 Å². The number of nitrogens with one attached hydrogen (secondary N) is 1. The van der Waals surface area contributed by atoms with Gasteiger partial charge in [0, 0.05) is 31.6 Å². The Bertz CT molecular complexity index is 1350. The molecule has 0 amide bonds. The molecular formula is C27H38N6O3S. The fraction of sp³-hybridized carbons (Fsp3) is 0.593. The molecule has 0 spiro atoms. The number of benzene rings is 1. The normalized spacial score (nSPS) is 21.7. The van der Waals surface area contributed by atoms with E-state index in [4.69, 9.17) is 9.84 Å². The van der Waals surface area contributed by atoms with Crippen LogP contribution in [0.15, 0.2) is 27.9 Å². The van der Waals surface area contributed by atoms with Crippen LogP contribution in [0.1, 0.15) is 64.4 Å². The number of ether oxygens (including phenoxy) is 1. The van der Waals surface area contributed by atoms with E-state index >= 15 is 0 Å². The van der Waals surface area contributed by atoms with E-state index in [0.29, 0.717) is 51.9 Å². The molecule has 0 saturated carbocycles. The molecule has 0 aliphatic carbocycles. The van der Waals surface area contributed by atoms with Crippen LogP contribution in [0.25, 0.3) is 16.9 Å². The van der Waals surface area contributed by atoms with E-state index in [1.165, 1.54) is 12.8 Å². The highest BCUT2D eigenvalue weighted by Gasteiger charge is 2.35. The molecule has 200 valence electrons. The molecule has 2 saturated heterocycles. The van der Waals surface area contributed by atoms with Gasteiger partial charge in [-0.15, -0.1) is 5.10 Å². The maximum absolute atomic E-state index is 13.9. The summed E-state index contributed by atoms with van der Waals surface area (Å²) in [7, 11) is -1.33. The van der Waals surface area contributed by atoms with E-state index in [1.54, 1.807) is 4.52 Å². The maximum Gasteiger partial charge on any atom is 0.277 e. The van der Waals surface area contributed by atoms with Gasteiger partial charge in [-0.05, 0) is 64.3 Å². The second-order valence-electron chi connectivity index (χ2n) is 10.0. The van der Waals surface area contributed by atoms with E-state index in [9.17, 15) is 9.00 Å². The van der Waals surface area contributed by atoms with E-state index in [0.717, 1.165) is 51.1 Å². The summed E-state index contributed by atoms with van der Waals surface area (Å²) in [4.78, 5) is 23.9. The number of aromatic amines is 1. The van der Waals surface area contributed by atoms with Gasteiger partial charge in [0.15, 0.2) is 11.3 Å².